The molecule has 0 aliphatic heterocycles. The van der Waals surface area contributed by atoms with Crippen LogP contribution in [0.5, 0.6) is 0 Å². The lowest BCUT2D eigenvalue weighted by Crippen LogP contribution is -2.24. The Morgan fingerprint density at radius 1 is 1.03 bits per heavy atom. The van der Waals surface area contributed by atoms with E-state index in [0.717, 1.165) is 33.5 Å². The summed E-state index contributed by atoms with van der Waals surface area (Å²) in [7, 11) is -1.28. The number of nitrogens with one attached hydrogen (secondary N) is 2. The molecule has 4 rings (SSSR count). The molecule has 2 aromatic carbocycles. The number of hydrogen-bond donors (Lipinski definition) is 2. The smallest absolute Gasteiger partial charge is 0.255 e. The van der Waals surface area contributed by atoms with Crippen molar-refractivity contribution in [1.29, 1.82) is 0 Å². The lowest BCUT2D eigenvalue weighted by atomic mass is 10.0. The van der Waals surface area contributed by atoms with Crippen LogP contribution in [0.2, 0.25) is 25.2 Å². The van der Waals surface area contributed by atoms with Crippen LogP contribution in [0.1, 0.15) is 33.5 Å². The number of hydrogen-bond acceptors (Lipinski definition) is 4. The fraction of sp³-hybridized carbons (Fsp3) is 0.375. The monoisotopic (exact) mass is 451 g/mol. The van der Waals surface area contributed by atoms with Crippen molar-refractivity contribution in [2.45, 2.75) is 52.4 Å². The van der Waals surface area contributed by atoms with E-state index in [4.69, 9.17) is 0 Å². The van der Waals surface area contributed by atoms with E-state index in [2.05, 4.69) is 47.4 Å². The summed E-state index contributed by atoms with van der Waals surface area (Å²) in [6.07, 6.45) is 0.995. The maximum atomic E-state index is 12.9. The van der Waals surface area contributed by atoms with Crippen LogP contribution in [0.15, 0.2) is 30.3 Å². The second-order valence-corrected chi connectivity index (χ2v) is 16.2. The Hall–Kier alpha value is -2.51. The van der Waals surface area contributed by atoms with E-state index >= 15 is 0 Å². The largest absolute Gasteiger partial charge is 0.322 e. The summed E-state index contributed by atoms with van der Waals surface area (Å²) >= 11 is 1.41. The van der Waals surface area contributed by atoms with Crippen molar-refractivity contribution in [3.05, 3.63) is 52.6 Å². The number of anilines is 2. The third-order valence-electron chi connectivity index (χ3n) is 6.04. The summed E-state index contributed by atoms with van der Waals surface area (Å²) < 4.78 is 0.887. The molecule has 162 valence electrons. The molecule has 1 fully saturated rings. The number of carbonyl (C=O) groups is 2. The molecule has 1 saturated carbocycles. The van der Waals surface area contributed by atoms with Crippen LogP contribution in [0, 0.1) is 26.7 Å². The van der Waals surface area contributed by atoms with E-state index in [0.29, 0.717) is 16.2 Å². The average Bonchev–Trinajstić information content (AvgIpc) is 3.39. The molecule has 0 radical (unpaired) electrons. The van der Waals surface area contributed by atoms with E-state index in [-0.39, 0.29) is 17.7 Å². The first kappa shape index (κ1) is 21.7. The normalized spacial score (nSPS) is 18.1. The van der Waals surface area contributed by atoms with Gasteiger partial charge in [0.1, 0.15) is 0 Å². The van der Waals surface area contributed by atoms with Crippen molar-refractivity contribution < 1.29 is 9.59 Å². The second-order valence-electron chi connectivity index (χ2n) is 9.73. The van der Waals surface area contributed by atoms with E-state index in [1.807, 2.05) is 32.9 Å². The Morgan fingerprint density at radius 2 is 1.71 bits per heavy atom. The number of benzene rings is 2. The molecular formula is C24H29N3O2SSi. The van der Waals surface area contributed by atoms with Gasteiger partial charge in [-0.3, -0.25) is 9.59 Å². The maximum Gasteiger partial charge on any atom is 0.255 e. The van der Waals surface area contributed by atoms with Crippen molar-refractivity contribution in [3.63, 3.8) is 0 Å². The third kappa shape index (κ3) is 4.57. The summed E-state index contributed by atoms with van der Waals surface area (Å²) in [5.74, 6) is 0.0580. The lowest BCUT2D eigenvalue weighted by molar-refractivity contribution is -0.117. The summed E-state index contributed by atoms with van der Waals surface area (Å²) in [6.45, 7) is 13.0. The fourth-order valence-corrected chi connectivity index (χ4v) is 7.55. The zero-order chi connectivity index (χ0) is 22.5. The minimum Gasteiger partial charge on any atom is -0.322 e. The van der Waals surface area contributed by atoms with Crippen molar-refractivity contribution in [2.75, 3.05) is 10.6 Å². The molecule has 1 aromatic heterocycles. The first-order valence-corrected chi connectivity index (χ1v) is 15.0. The predicted octanol–water partition coefficient (Wildman–Crippen LogP) is 6.14. The van der Waals surface area contributed by atoms with Gasteiger partial charge in [-0.15, -0.1) is 0 Å². The van der Waals surface area contributed by atoms with Crippen LogP contribution in [-0.2, 0) is 4.79 Å². The van der Waals surface area contributed by atoms with Crippen molar-refractivity contribution in [1.82, 2.24) is 4.98 Å². The summed E-state index contributed by atoms with van der Waals surface area (Å²) in [5, 5.41) is 6.64. The zero-order valence-electron chi connectivity index (χ0n) is 18.9. The molecule has 2 unspecified atom stereocenters. The Kier molecular flexibility index (Phi) is 5.51. The Morgan fingerprint density at radius 3 is 2.32 bits per heavy atom. The molecule has 0 spiro atoms. The number of aromatic nitrogens is 1. The quantitative estimate of drug-likeness (QED) is 0.458. The van der Waals surface area contributed by atoms with E-state index in [1.165, 1.54) is 16.9 Å². The van der Waals surface area contributed by atoms with Gasteiger partial charge in [-0.05, 0) is 62.1 Å². The highest BCUT2D eigenvalue weighted by atomic mass is 32.1. The predicted molar refractivity (Wildman–Crippen MR) is 132 cm³/mol. The standard InChI is InChI=1S/C24H29N3O2SSi/c1-13-9-14(2)21(15(3)10-13)26-22(28)16-7-8-18-19(11-16)30-24(25-18)27-23(29)17-12-20(17)31(4,5)6/h7-11,17,20H,12H2,1-6H3,(H,26,28)(H,25,27,29). The average molecular weight is 452 g/mol. The Bertz CT molecular complexity index is 1170. The molecule has 0 saturated heterocycles. The van der Waals surface area contributed by atoms with E-state index < -0.39 is 8.07 Å². The minimum atomic E-state index is -1.28. The first-order valence-electron chi connectivity index (χ1n) is 10.6. The van der Waals surface area contributed by atoms with Gasteiger partial charge in [-0.2, -0.15) is 0 Å². The highest BCUT2D eigenvalue weighted by Gasteiger charge is 2.50. The number of amides is 2. The number of thiazole rings is 1. The molecule has 2 amide bonds. The Labute approximate surface area is 188 Å². The molecule has 3 aromatic rings. The number of aryl methyl sites for hydroxylation is 3. The number of rotatable bonds is 5. The second kappa shape index (κ2) is 7.87. The van der Waals surface area contributed by atoms with Gasteiger partial charge in [0.2, 0.25) is 5.91 Å². The molecular weight excluding hydrogens is 422 g/mol. The minimum absolute atomic E-state index is 0.0785. The third-order valence-corrected chi connectivity index (χ3v) is 9.83. The SMILES string of the molecule is Cc1cc(C)c(NC(=O)c2ccc3nc(NC(=O)C4CC4[Si](C)(C)C)sc3c2)c(C)c1. The molecule has 1 heterocycles. The molecule has 31 heavy (non-hydrogen) atoms. The molecule has 2 atom stereocenters. The van der Waals surface area contributed by atoms with Gasteiger partial charge >= 0.3 is 0 Å². The van der Waals surface area contributed by atoms with Gasteiger partial charge in [0.15, 0.2) is 5.13 Å². The highest BCUT2D eigenvalue weighted by Crippen LogP contribution is 2.52. The van der Waals surface area contributed by atoms with Crippen LogP contribution in [-0.4, -0.2) is 24.9 Å². The summed E-state index contributed by atoms with van der Waals surface area (Å²) in [5.41, 5.74) is 6.06. The first-order chi connectivity index (χ1) is 14.5. The molecule has 0 bridgehead atoms. The highest BCUT2D eigenvalue weighted by molar-refractivity contribution is 7.22. The fourth-order valence-electron chi connectivity index (χ4n) is 4.32. The van der Waals surface area contributed by atoms with Crippen LogP contribution in [0.4, 0.5) is 10.8 Å². The van der Waals surface area contributed by atoms with Crippen molar-refractivity contribution >= 4 is 52.3 Å². The molecule has 5 nitrogen and oxygen atoms in total. The van der Waals surface area contributed by atoms with Crippen LogP contribution >= 0.6 is 11.3 Å². The number of fused-ring (bicyclic) bond motifs is 1. The van der Waals surface area contributed by atoms with Gasteiger partial charge in [-0.25, -0.2) is 4.98 Å². The molecule has 7 heteroatoms. The maximum absolute atomic E-state index is 12.9. The Balaban J connectivity index is 1.49. The van der Waals surface area contributed by atoms with E-state index in [1.54, 1.807) is 6.07 Å². The zero-order valence-corrected chi connectivity index (χ0v) is 20.7. The number of carbonyl (C=O) groups excluding carboxylic acids is 2. The van der Waals surface area contributed by atoms with Gasteiger partial charge in [0.05, 0.1) is 10.2 Å². The summed E-state index contributed by atoms with van der Waals surface area (Å²) in [4.78, 5) is 30.0. The topological polar surface area (TPSA) is 71.1 Å². The van der Waals surface area contributed by atoms with Gasteiger partial charge in [0.25, 0.3) is 5.91 Å². The van der Waals surface area contributed by atoms with Crippen molar-refractivity contribution in [2.24, 2.45) is 5.92 Å². The van der Waals surface area contributed by atoms with Crippen molar-refractivity contribution in [3.8, 4) is 0 Å². The molecule has 2 N–H and O–H groups in total. The molecule has 1 aliphatic carbocycles. The van der Waals surface area contributed by atoms with E-state index in [9.17, 15) is 9.59 Å². The van der Waals surface area contributed by atoms with Crippen LogP contribution in [0.3, 0.4) is 0 Å². The molecule has 1 aliphatic rings. The van der Waals surface area contributed by atoms with Gasteiger partial charge < -0.3 is 10.6 Å². The van der Waals surface area contributed by atoms with Gasteiger partial charge in [-0.1, -0.05) is 48.7 Å². The number of nitrogens with zero attached hydrogens (tertiary/aromatic N) is 1. The summed E-state index contributed by atoms with van der Waals surface area (Å²) in [6, 6.07) is 9.60. The lowest BCUT2D eigenvalue weighted by Gasteiger charge is -2.14. The van der Waals surface area contributed by atoms with Crippen LogP contribution in [0.25, 0.3) is 10.2 Å². The van der Waals surface area contributed by atoms with Crippen LogP contribution < -0.4 is 10.6 Å². The van der Waals surface area contributed by atoms with Gasteiger partial charge in [0, 0.05) is 25.2 Å².